The van der Waals surface area contributed by atoms with Gasteiger partial charge in [-0.25, -0.2) is 4.39 Å². The molecule has 0 fully saturated rings. The highest BCUT2D eigenvalue weighted by atomic mass is 19.1. The second-order valence-corrected chi connectivity index (χ2v) is 4.89. The van der Waals surface area contributed by atoms with Crippen LogP contribution in [0.3, 0.4) is 0 Å². The Kier molecular flexibility index (Phi) is 5.11. The Morgan fingerprint density at radius 2 is 2.10 bits per heavy atom. The molecule has 1 amide bonds. The van der Waals surface area contributed by atoms with Gasteiger partial charge in [-0.3, -0.25) is 4.79 Å². The van der Waals surface area contributed by atoms with E-state index in [2.05, 4.69) is 17.6 Å². The molecule has 2 rings (SSSR count). The van der Waals surface area contributed by atoms with E-state index in [1.807, 2.05) is 25.5 Å². The number of amides is 1. The van der Waals surface area contributed by atoms with E-state index in [4.69, 9.17) is 0 Å². The maximum atomic E-state index is 13.5. The summed E-state index contributed by atoms with van der Waals surface area (Å²) in [5.41, 5.74) is 1.34. The number of carbonyl (C=O) groups excluding carboxylic acids is 1. The fourth-order valence-electron chi connectivity index (χ4n) is 2.29. The highest BCUT2D eigenvalue weighted by Crippen LogP contribution is 2.16. The molecule has 2 aromatic rings. The van der Waals surface area contributed by atoms with Gasteiger partial charge in [0.15, 0.2) is 0 Å². The monoisotopic (exact) mass is 289 g/mol. The van der Waals surface area contributed by atoms with Gasteiger partial charge in [0.2, 0.25) is 5.91 Å². The minimum atomic E-state index is -0.430. The lowest BCUT2D eigenvalue weighted by molar-refractivity contribution is -0.116. The number of carbonyl (C=O) groups is 1. The third kappa shape index (κ3) is 3.92. The molecule has 0 radical (unpaired) electrons. The van der Waals surface area contributed by atoms with Crippen LogP contribution in [0, 0.1) is 5.82 Å². The number of halogens is 1. The molecule has 1 aromatic heterocycles. The van der Waals surface area contributed by atoms with Gasteiger partial charge in [-0.1, -0.05) is 19.1 Å². The first-order chi connectivity index (χ1) is 10.1. The van der Waals surface area contributed by atoms with E-state index in [9.17, 15) is 9.18 Å². The average Bonchev–Trinajstić information content (AvgIpc) is 2.91. The van der Waals surface area contributed by atoms with Crippen molar-refractivity contribution >= 4 is 11.6 Å². The molecule has 112 valence electrons. The second kappa shape index (κ2) is 7.04. The Labute approximate surface area is 124 Å². The molecule has 0 bridgehead atoms. The Morgan fingerprint density at radius 3 is 2.76 bits per heavy atom. The summed E-state index contributed by atoms with van der Waals surface area (Å²) in [5, 5.41) is 5.79. The van der Waals surface area contributed by atoms with Crippen LogP contribution in [0.4, 0.5) is 10.1 Å². The number of rotatable bonds is 6. The summed E-state index contributed by atoms with van der Waals surface area (Å²) in [7, 11) is 1.91. The predicted octanol–water partition coefficient (Wildman–Crippen LogP) is 2.94. The highest BCUT2D eigenvalue weighted by molar-refractivity contribution is 5.90. The molecule has 5 heteroatoms. The third-order valence-corrected chi connectivity index (χ3v) is 3.41. The quantitative estimate of drug-likeness (QED) is 0.859. The number of para-hydroxylation sites is 1. The van der Waals surface area contributed by atoms with Crippen molar-refractivity contribution in [3.8, 4) is 0 Å². The topological polar surface area (TPSA) is 46.1 Å². The molecule has 0 aliphatic rings. The molecular weight excluding hydrogens is 269 g/mol. The number of anilines is 1. The van der Waals surface area contributed by atoms with E-state index in [1.165, 1.54) is 6.07 Å². The first-order valence-corrected chi connectivity index (χ1v) is 7.01. The van der Waals surface area contributed by atoms with Gasteiger partial charge in [0.05, 0.1) is 5.69 Å². The number of hydrogen-bond acceptors (Lipinski definition) is 2. The summed E-state index contributed by atoms with van der Waals surface area (Å²) in [6, 6.07) is 8.41. The van der Waals surface area contributed by atoms with Gasteiger partial charge in [-0.15, -0.1) is 0 Å². The molecule has 0 saturated heterocycles. The molecule has 0 saturated carbocycles. The average molecular weight is 289 g/mol. The lowest BCUT2D eigenvalue weighted by atomic mass is 10.1. The van der Waals surface area contributed by atoms with E-state index in [0.717, 1.165) is 12.0 Å². The normalized spacial score (nSPS) is 12.1. The predicted molar refractivity (Wildman–Crippen MR) is 81.6 cm³/mol. The van der Waals surface area contributed by atoms with Crippen LogP contribution >= 0.6 is 0 Å². The lowest BCUT2D eigenvalue weighted by Crippen LogP contribution is -2.19. The molecule has 4 nitrogen and oxygen atoms in total. The zero-order valence-electron chi connectivity index (χ0n) is 12.3. The van der Waals surface area contributed by atoms with Gasteiger partial charge in [-0.2, -0.15) is 0 Å². The standard InChI is InChI=1S/C16H20FN3O/c1-3-14(18-2)12-8-9-20(10-12)11-16(21)19-15-7-5-4-6-13(15)17/h4-10,14,18H,3,11H2,1-2H3,(H,19,21). The van der Waals surface area contributed by atoms with Crippen molar-refractivity contribution in [2.24, 2.45) is 0 Å². The fourth-order valence-corrected chi connectivity index (χ4v) is 2.29. The molecule has 0 aliphatic heterocycles. The Balaban J connectivity index is 1.99. The van der Waals surface area contributed by atoms with Crippen LogP contribution < -0.4 is 10.6 Å². The van der Waals surface area contributed by atoms with Crippen LogP contribution in [0.5, 0.6) is 0 Å². The van der Waals surface area contributed by atoms with E-state index in [1.54, 1.807) is 22.8 Å². The van der Waals surface area contributed by atoms with Crippen LogP contribution in [-0.4, -0.2) is 17.5 Å². The summed E-state index contributed by atoms with van der Waals surface area (Å²) in [6.45, 7) is 2.26. The van der Waals surface area contributed by atoms with Gasteiger partial charge in [0, 0.05) is 18.4 Å². The van der Waals surface area contributed by atoms with Gasteiger partial charge < -0.3 is 15.2 Å². The summed E-state index contributed by atoms with van der Waals surface area (Å²) >= 11 is 0. The first kappa shape index (κ1) is 15.3. The number of nitrogens with one attached hydrogen (secondary N) is 2. The zero-order valence-corrected chi connectivity index (χ0v) is 12.3. The largest absolute Gasteiger partial charge is 0.345 e. The Morgan fingerprint density at radius 1 is 1.33 bits per heavy atom. The van der Waals surface area contributed by atoms with Crippen molar-refractivity contribution in [3.63, 3.8) is 0 Å². The molecule has 1 unspecified atom stereocenters. The van der Waals surface area contributed by atoms with E-state index >= 15 is 0 Å². The fraction of sp³-hybridized carbons (Fsp3) is 0.312. The number of hydrogen-bond donors (Lipinski definition) is 2. The Bertz CT molecular complexity index is 605. The molecule has 0 aliphatic carbocycles. The zero-order chi connectivity index (χ0) is 15.2. The van der Waals surface area contributed by atoms with E-state index in [0.29, 0.717) is 0 Å². The van der Waals surface area contributed by atoms with E-state index < -0.39 is 5.82 Å². The van der Waals surface area contributed by atoms with Gasteiger partial charge in [-0.05, 0) is 37.2 Å². The van der Waals surface area contributed by atoms with Gasteiger partial charge in [0.1, 0.15) is 12.4 Å². The highest BCUT2D eigenvalue weighted by Gasteiger charge is 2.10. The van der Waals surface area contributed by atoms with Crippen LogP contribution in [0.15, 0.2) is 42.7 Å². The summed E-state index contributed by atoms with van der Waals surface area (Å²) in [4.78, 5) is 11.9. The smallest absolute Gasteiger partial charge is 0.244 e. The van der Waals surface area contributed by atoms with Gasteiger partial charge in [0.25, 0.3) is 0 Å². The number of benzene rings is 1. The molecule has 1 atom stereocenters. The molecular formula is C16H20FN3O. The summed E-state index contributed by atoms with van der Waals surface area (Å²) in [5.74, 6) is -0.681. The van der Waals surface area contributed by atoms with E-state index in [-0.39, 0.29) is 24.2 Å². The van der Waals surface area contributed by atoms with Crippen molar-refractivity contribution in [1.29, 1.82) is 0 Å². The molecule has 1 heterocycles. The summed E-state index contributed by atoms with van der Waals surface area (Å²) in [6.07, 6.45) is 4.77. The molecule has 0 spiro atoms. The minimum absolute atomic E-state index is 0.161. The maximum absolute atomic E-state index is 13.5. The van der Waals surface area contributed by atoms with Crippen molar-refractivity contribution in [2.45, 2.75) is 25.9 Å². The molecule has 21 heavy (non-hydrogen) atoms. The lowest BCUT2D eigenvalue weighted by Gasteiger charge is -2.11. The summed E-state index contributed by atoms with van der Waals surface area (Å²) < 4.78 is 15.3. The van der Waals surface area contributed by atoms with Crippen LogP contribution in [0.2, 0.25) is 0 Å². The first-order valence-electron chi connectivity index (χ1n) is 7.01. The Hall–Kier alpha value is -2.14. The van der Waals surface area contributed by atoms with Crippen molar-refractivity contribution < 1.29 is 9.18 Å². The minimum Gasteiger partial charge on any atom is -0.345 e. The second-order valence-electron chi connectivity index (χ2n) is 4.89. The van der Waals surface area contributed by atoms with Crippen LogP contribution in [0.1, 0.15) is 24.9 Å². The van der Waals surface area contributed by atoms with Gasteiger partial charge >= 0.3 is 0 Å². The maximum Gasteiger partial charge on any atom is 0.244 e. The van der Waals surface area contributed by atoms with Crippen molar-refractivity contribution in [2.75, 3.05) is 12.4 Å². The van der Waals surface area contributed by atoms with Crippen molar-refractivity contribution in [3.05, 3.63) is 54.1 Å². The molecule has 2 N–H and O–H groups in total. The third-order valence-electron chi connectivity index (χ3n) is 3.41. The SMILES string of the molecule is CCC(NC)c1ccn(CC(=O)Nc2ccccc2F)c1. The van der Waals surface area contributed by atoms with Crippen LogP contribution in [0.25, 0.3) is 0 Å². The molecule has 1 aromatic carbocycles. The van der Waals surface area contributed by atoms with Crippen molar-refractivity contribution in [1.82, 2.24) is 9.88 Å². The van der Waals surface area contributed by atoms with Crippen LogP contribution in [-0.2, 0) is 11.3 Å². The number of aromatic nitrogens is 1. The number of nitrogens with zero attached hydrogens (tertiary/aromatic N) is 1.